The van der Waals surface area contributed by atoms with Gasteiger partial charge in [0.1, 0.15) is 18.7 Å². The molecule has 184 valence electrons. The number of carbonyl (C=O) groups excluding carboxylic acids is 3. The summed E-state index contributed by atoms with van der Waals surface area (Å²) in [5.74, 6) is -1.68. The van der Waals surface area contributed by atoms with Gasteiger partial charge in [0.15, 0.2) is 6.79 Å². The van der Waals surface area contributed by atoms with Crippen molar-refractivity contribution in [2.75, 3.05) is 13.9 Å². The van der Waals surface area contributed by atoms with Crippen LogP contribution in [-0.2, 0) is 30.4 Å². The summed E-state index contributed by atoms with van der Waals surface area (Å²) in [6, 6.07) is 16.7. The van der Waals surface area contributed by atoms with E-state index in [2.05, 4.69) is 10.6 Å². The Morgan fingerprint density at radius 1 is 0.853 bits per heavy atom. The van der Waals surface area contributed by atoms with Crippen LogP contribution >= 0.6 is 0 Å². The van der Waals surface area contributed by atoms with Crippen LogP contribution in [0.15, 0.2) is 60.7 Å². The van der Waals surface area contributed by atoms with Gasteiger partial charge in [0, 0.05) is 13.0 Å². The first-order valence-electron chi connectivity index (χ1n) is 11.3. The predicted octanol–water partition coefficient (Wildman–Crippen LogP) is 3.76. The van der Waals surface area contributed by atoms with Crippen molar-refractivity contribution in [3.05, 3.63) is 71.8 Å². The molecule has 0 bridgehead atoms. The van der Waals surface area contributed by atoms with Crippen molar-refractivity contribution in [1.29, 1.82) is 0 Å². The van der Waals surface area contributed by atoms with Gasteiger partial charge in [0.25, 0.3) is 0 Å². The van der Waals surface area contributed by atoms with Gasteiger partial charge in [-0.15, -0.1) is 0 Å². The number of alkyl carbamates (subject to hydrolysis) is 1. The minimum absolute atomic E-state index is 0.0690. The first-order valence-corrected chi connectivity index (χ1v) is 11.3. The van der Waals surface area contributed by atoms with E-state index >= 15 is 0 Å². The molecule has 2 N–H and O–H groups in total. The molecule has 2 amide bonds. The third-order valence-corrected chi connectivity index (χ3v) is 5.68. The van der Waals surface area contributed by atoms with Crippen LogP contribution in [-0.4, -0.2) is 44.0 Å². The number of esters is 1. The maximum Gasteiger partial charge on any atom is 0.408 e. The molecule has 0 unspecified atom stereocenters. The zero-order valence-corrected chi connectivity index (χ0v) is 20.2. The number of methoxy groups -OCH3 is 1. The monoisotopic (exact) mass is 470 g/mol. The van der Waals surface area contributed by atoms with E-state index in [1.807, 2.05) is 81.4 Å². The van der Waals surface area contributed by atoms with Crippen LogP contribution in [0.2, 0.25) is 0 Å². The third kappa shape index (κ3) is 8.19. The quantitative estimate of drug-likeness (QED) is 0.362. The summed E-state index contributed by atoms with van der Waals surface area (Å²) in [6.45, 7) is 5.45. The first kappa shape index (κ1) is 26.9. The molecule has 0 aliphatic heterocycles. The van der Waals surface area contributed by atoms with Crippen LogP contribution in [0.3, 0.4) is 0 Å². The van der Waals surface area contributed by atoms with Crippen molar-refractivity contribution >= 4 is 18.0 Å². The number of hydrogen-bond acceptors (Lipinski definition) is 6. The fraction of sp³-hybridized carbons (Fsp3) is 0.423. The lowest BCUT2D eigenvalue weighted by Crippen LogP contribution is -2.55. The standard InChI is InChI=1S/C26H34N2O6/c1-5-18(2)22(25(30)34-17-32-4)27-24(29)23(19(3)21-14-10-7-11-15-21)28-26(31)33-16-20-12-8-6-9-13-20/h6-15,18-19,22-23H,5,16-17H2,1-4H3,(H,27,29)(H,28,31)/t18-,19+,22-,23-/m0/s1. The van der Waals surface area contributed by atoms with Crippen LogP contribution < -0.4 is 10.6 Å². The molecule has 0 heterocycles. The summed E-state index contributed by atoms with van der Waals surface area (Å²) in [4.78, 5) is 38.5. The Kier molecular flexibility index (Phi) is 11.1. The zero-order valence-electron chi connectivity index (χ0n) is 20.2. The number of benzene rings is 2. The van der Waals surface area contributed by atoms with E-state index in [4.69, 9.17) is 14.2 Å². The molecular weight excluding hydrogens is 436 g/mol. The minimum atomic E-state index is -0.979. The van der Waals surface area contributed by atoms with Gasteiger partial charge in [-0.05, 0) is 17.0 Å². The van der Waals surface area contributed by atoms with E-state index in [-0.39, 0.29) is 19.3 Å². The second kappa shape index (κ2) is 14.0. The van der Waals surface area contributed by atoms with Crippen LogP contribution in [0.5, 0.6) is 0 Å². The molecule has 0 saturated heterocycles. The lowest BCUT2D eigenvalue weighted by molar-refractivity contribution is -0.159. The van der Waals surface area contributed by atoms with E-state index in [1.165, 1.54) is 7.11 Å². The molecule has 0 spiro atoms. The smallest absolute Gasteiger partial charge is 0.408 e. The molecule has 34 heavy (non-hydrogen) atoms. The Balaban J connectivity index is 2.18. The molecule has 4 atom stereocenters. The highest BCUT2D eigenvalue weighted by Gasteiger charge is 2.34. The Morgan fingerprint density at radius 2 is 1.47 bits per heavy atom. The summed E-state index contributed by atoms with van der Waals surface area (Å²) in [7, 11) is 1.41. The summed E-state index contributed by atoms with van der Waals surface area (Å²) in [5.41, 5.74) is 1.68. The van der Waals surface area contributed by atoms with Gasteiger partial charge in [-0.2, -0.15) is 0 Å². The molecular formula is C26H34N2O6. The van der Waals surface area contributed by atoms with E-state index in [9.17, 15) is 14.4 Å². The highest BCUT2D eigenvalue weighted by Crippen LogP contribution is 2.20. The van der Waals surface area contributed by atoms with Gasteiger partial charge >= 0.3 is 12.1 Å². The maximum absolute atomic E-state index is 13.4. The predicted molar refractivity (Wildman–Crippen MR) is 128 cm³/mol. The molecule has 0 aliphatic rings. The molecule has 0 aromatic heterocycles. The van der Waals surface area contributed by atoms with Crippen LogP contribution in [0.4, 0.5) is 4.79 Å². The van der Waals surface area contributed by atoms with Crippen molar-refractivity contribution < 1.29 is 28.6 Å². The fourth-order valence-electron chi connectivity index (χ4n) is 3.38. The lowest BCUT2D eigenvalue weighted by atomic mass is 9.91. The maximum atomic E-state index is 13.4. The third-order valence-electron chi connectivity index (χ3n) is 5.68. The highest BCUT2D eigenvalue weighted by molar-refractivity contribution is 5.90. The molecule has 2 aromatic carbocycles. The average Bonchev–Trinajstić information content (AvgIpc) is 2.87. The van der Waals surface area contributed by atoms with Gasteiger partial charge in [-0.1, -0.05) is 87.9 Å². The molecule has 0 aliphatic carbocycles. The van der Waals surface area contributed by atoms with Gasteiger partial charge in [-0.3, -0.25) is 4.79 Å². The summed E-state index contributed by atoms with van der Waals surface area (Å²) in [5, 5.41) is 5.45. The van der Waals surface area contributed by atoms with Gasteiger partial charge in [-0.25, -0.2) is 9.59 Å². The second-order valence-electron chi connectivity index (χ2n) is 8.12. The molecule has 2 aromatic rings. The van der Waals surface area contributed by atoms with Crippen molar-refractivity contribution in [3.63, 3.8) is 0 Å². The minimum Gasteiger partial charge on any atom is -0.445 e. The largest absolute Gasteiger partial charge is 0.445 e. The molecule has 8 heteroatoms. The first-order chi connectivity index (χ1) is 16.4. The van der Waals surface area contributed by atoms with Gasteiger partial charge in [0.05, 0.1) is 0 Å². The van der Waals surface area contributed by atoms with Crippen LogP contribution in [0.1, 0.15) is 44.2 Å². The topological polar surface area (TPSA) is 103 Å². The Hall–Kier alpha value is -3.39. The molecule has 2 rings (SSSR count). The van der Waals surface area contributed by atoms with E-state index < -0.39 is 36.0 Å². The number of rotatable bonds is 12. The normalized spacial score (nSPS) is 14.2. The highest BCUT2D eigenvalue weighted by atomic mass is 16.7. The van der Waals surface area contributed by atoms with Crippen molar-refractivity contribution in [1.82, 2.24) is 10.6 Å². The SMILES string of the molecule is CC[C@H](C)[C@H](NC(=O)[C@@H](NC(=O)OCc1ccccc1)[C@H](C)c1ccccc1)C(=O)OCOC. The molecule has 0 saturated carbocycles. The number of nitrogens with one attached hydrogen (secondary N) is 2. The van der Waals surface area contributed by atoms with Gasteiger partial charge in [0.2, 0.25) is 5.91 Å². The summed E-state index contributed by atoms with van der Waals surface area (Å²) < 4.78 is 15.2. The average molecular weight is 471 g/mol. The van der Waals surface area contributed by atoms with E-state index in [0.29, 0.717) is 6.42 Å². The lowest BCUT2D eigenvalue weighted by Gasteiger charge is -2.28. The number of carbonyl (C=O) groups is 3. The Morgan fingerprint density at radius 3 is 2.06 bits per heavy atom. The molecule has 0 radical (unpaired) electrons. The van der Waals surface area contributed by atoms with Crippen molar-refractivity contribution in [3.8, 4) is 0 Å². The Labute approximate surface area is 201 Å². The van der Waals surface area contributed by atoms with E-state index in [1.54, 1.807) is 0 Å². The zero-order chi connectivity index (χ0) is 24.9. The number of ether oxygens (including phenoxy) is 3. The summed E-state index contributed by atoms with van der Waals surface area (Å²) in [6.07, 6.45) is -0.0906. The van der Waals surface area contributed by atoms with E-state index in [0.717, 1.165) is 11.1 Å². The molecule has 0 fully saturated rings. The Bertz CT molecular complexity index is 906. The summed E-state index contributed by atoms with van der Waals surface area (Å²) >= 11 is 0. The van der Waals surface area contributed by atoms with Crippen molar-refractivity contribution in [2.45, 2.75) is 51.8 Å². The second-order valence-corrected chi connectivity index (χ2v) is 8.12. The fourth-order valence-corrected chi connectivity index (χ4v) is 3.38. The van der Waals surface area contributed by atoms with Crippen LogP contribution in [0, 0.1) is 5.92 Å². The van der Waals surface area contributed by atoms with Crippen LogP contribution in [0.25, 0.3) is 0 Å². The number of amides is 2. The van der Waals surface area contributed by atoms with Crippen molar-refractivity contribution in [2.24, 2.45) is 5.92 Å². The number of hydrogen-bond donors (Lipinski definition) is 2. The molecule has 8 nitrogen and oxygen atoms in total. The van der Waals surface area contributed by atoms with Gasteiger partial charge < -0.3 is 24.8 Å².